The number of amides is 2. The smallest absolute Gasteiger partial charge is 0.255 e. The van der Waals surface area contributed by atoms with Gasteiger partial charge in [-0.1, -0.05) is 30.3 Å². The number of carbonyl (C=O) groups is 2. The van der Waals surface area contributed by atoms with Gasteiger partial charge < -0.3 is 20.1 Å². The summed E-state index contributed by atoms with van der Waals surface area (Å²) in [5.41, 5.74) is 2.85. The molecule has 0 saturated heterocycles. The minimum atomic E-state index is -0.170. The Morgan fingerprint density at radius 1 is 0.935 bits per heavy atom. The summed E-state index contributed by atoms with van der Waals surface area (Å²) in [5.74, 6) is 1.18. The van der Waals surface area contributed by atoms with Gasteiger partial charge in [-0.15, -0.1) is 0 Å². The fourth-order valence-electron chi connectivity index (χ4n) is 3.39. The van der Waals surface area contributed by atoms with Crippen LogP contribution < -0.4 is 20.1 Å². The molecule has 0 bridgehead atoms. The van der Waals surface area contributed by atoms with Gasteiger partial charge in [0, 0.05) is 23.4 Å². The van der Waals surface area contributed by atoms with Crippen LogP contribution in [0.15, 0.2) is 72.8 Å². The lowest BCUT2D eigenvalue weighted by Crippen LogP contribution is -2.30. The van der Waals surface area contributed by atoms with Crippen molar-refractivity contribution in [1.82, 2.24) is 0 Å². The third-order valence-electron chi connectivity index (χ3n) is 5.06. The molecule has 1 atom stereocenters. The molecule has 2 N–H and O–H groups in total. The minimum Gasteiger partial charge on any atom is -0.486 e. The van der Waals surface area contributed by atoms with Crippen molar-refractivity contribution in [2.45, 2.75) is 25.9 Å². The highest BCUT2D eigenvalue weighted by atomic mass is 16.6. The molecule has 1 aliphatic heterocycles. The molecule has 1 aliphatic rings. The van der Waals surface area contributed by atoms with Crippen LogP contribution in [0.1, 0.15) is 28.8 Å². The van der Waals surface area contributed by atoms with E-state index >= 15 is 0 Å². The monoisotopic (exact) mass is 416 g/mol. The first-order valence-electron chi connectivity index (χ1n) is 10.2. The number of carbonyl (C=O) groups excluding carboxylic acids is 2. The molecule has 158 valence electrons. The molecule has 6 heteroatoms. The summed E-state index contributed by atoms with van der Waals surface area (Å²) >= 11 is 0. The zero-order chi connectivity index (χ0) is 21.6. The van der Waals surface area contributed by atoms with Crippen molar-refractivity contribution in [3.8, 4) is 11.5 Å². The molecular formula is C25H24N2O4. The van der Waals surface area contributed by atoms with Crippen molar-refractivity contribution in [2.75, 3.05) is 17.2 Å². The van der Waals surface area contributed by atoms with Crippen LogP contribution in [0.3, 0.4) is 0 Å². The molecule has 3 aromatic rings. The summed E-state index contributed by atoms with van der Waals surface area (Å²) in [6.45, 7) is 2.32. The number of ether oxygens (including phenoxy) is 2. The molecule has 0 saturated carbocycles. The molecule has 3 aromatic carbocycles. The van der Waals surface area contributed by atoms with Crippen LogP contribution in [-0.2, 0) is 4.79 Å². The number of para-hydroxylation sites is 2. The normalized spacial score (nSPS) is 14.5. The number of rotatable bonds is 6. The second kappa shape index (κ2) is 9.34. The van der Waals surface area contributed by atoms with Crippen LogP contribution in [0.5, 0.6) is 11.5 Å². The molecule has 2 amide bonds. The van der Waals surface area contributed by atoms with Crippen molar-refractivity contribution in [3.05, 3.63) is 83.9 Å². The summed E-state index contributed by atoms with van der Waals surface area (Å²) in [6, 6.07) is 22.0. The van der Waals surface area contributed by atoms with E-state index in [0.717, 1.165) is 11.3 Å². The van der Waals surface area contributed by atoms with Crippen LogP contribution in [0, 0.1) is 6.92 Å². The Labute approximate surface area is 181 Å². The van der Waals surface area contributed by atoms with E-state index in [1.165, 1.54) is 0 Å². The number of nitrogens with one attached hydrogen (secondary N) is 2. The van der Waals surface area contributed by atoms with Crippen molar-refractivity contribution in [3.63, 3.8) is 0 Å². The Bertz CT molecular complexity index is 1080. The molecule has 0 fully saturated rings. The number of hydrogen-bond acceptors (Lipinski definition) is 4. The minimum absolute atomic E-state index is 0.0945. The molecule has 6 nitrogen and oxygen atoms in total. The summed E-state index contributed by atoms with van der Waals surface area (Å²) in [5, 5.41) is 5.81. The van der Waals surface area contributed by atoms with Gasteiger partial charge in [-0.05, 0) is 61.4 Å². The van der Waals surface area contributed by atoms with Gasteiger partial charge in [0.2, 0.25) is 5.91 Å². The highest BCUT2D eigenvalue weighted by molar-refractivity contribution is 6.04. The van der Waals surface area contributed by atoms with Crippen molar-refractivity contribution in [2.24, 2.45) is 0 Å². The molecule has 0 aliphatic carbocycles. The first kappa shape index (κ1) is 20.5. The Balaban J connectivity index is 1.29. The maximum absolute atomic E-state index is 12.4. The van der Waals surface area contributed by atoms with Gasteiger partial charge in [-0.3, -0.25) is 9.59 Å². The van der Waals surface area contributed by atoms with Gasteiger partial charge >= 0.3 is 0 Å². The van der Waals surface area contributed by atoms with E-state index in [0.29, 0.717) is 42.1 Å². The molecule has 0 aromatic heterocycles. The second-order valence-electron chi connectivity index (χ2n) is 7.43. The third kappa shape index (κ3) is 5.22. The maximum atomic E-state index is 12.4. The summed E-state index contributed by atoms with van der Waals surface area (Å²) in [4.78, 5) is 24.7. The quantitative estimate of drug-likeness (QED) is 0.605. The average Bonchev–Trinajstić information content (AvgIpc) is 2.80. The van der Waals surface area contributed by atoms with Crippen molar-refractivity contribution < 1.29 is 19.1 Å². The summed E-state index contributed by atoms with van der Waals surface area (Å²) in [7, 11) is 0. The first-order chi connectivity index (χ1) is 15.1. The maximum Gasteiger partial charge on any atom is 0.255 e. The summed E-state index contributed by atoms with van der Waals surface area (Å²) < 4.78 is 11.6. The predicted molar refractivity (Wildman–Crippen MR) is 120 cm³/mol. The van der Waals surface area contributed by atoms with Gasteiger partial charge in [0.25, 0.3) is 5.91 Å². The van der Waals surface area contributed by atoms with E-state index in [9.17, 15) is 9.59 Å². The van der Waals surface area contributed by atoms with E-state index in [4.69, 9.17) is 9.47 Å². The van der Waals surface area contributed by atoms with E-state index in [-0.39, 0.29) is 17.9 Å². The first-order valence-corrected chi connectivity index (χ1v) is 10.2. The van der Waals surface area contributed by atoms with E-state index < -0.39 is 0 Å². The second-order valence-corrected chi connectivity index (χ2v) is 7.43. The van der Waals surface area contributed by atoms with Crippen LogP contribution in [-0.4, -0.2) is 24.5 Å². The number of aryl methyl sites for hydroxylation is 1. The van der Waals surface area contributed by atoms with Crippen LogP contribution in [0.4, 0.5) is 11.4 Å². The van der Waals surface area contributed by atoms with Gasteiger partial charge in [-0.25, -0.2) is 0 Å². The van der Waals surface area contributed by atoms with Crippen LogP contribution >= 0.6 is 0 Å². The highest BCUT2D eigenvalue weighted by Gasteiger charge is 2.21. The lowest BCUT2D eigenvalue weighted by Gasteiger charge is -2.26. The Morgan fingerprint density at radius 3 is 2.45 bits per heavy atom. The van der Waals surface area contributed by atoms with Crippen LogP contribution in [0.25, 0.3) is 0 Å². The fourth-order valence-corrected chi connectivity index (χ4v) is 3.39. The molecule has 0 radical (unpaired) electrons. The van der Waals surface area contributed by atoms with E-state index in [2.05, 4.69) is 10.6 Å². The molecule has 4 rings (SSSR count). The van der Waals surface area contributed by atoms with Gasteiger partial charge in [0.05, 0.1) is 0 Å². The third-order valence-corrected chi connectivity index (χ3v) is 5.06. The average molecular weight is 416 g/mol. The zero-order valence-corrected chi connectivity index (χ0v) is 17.3. The fraction of sp³-hybridized carbons (Fsp3) is 0.200. The van der Waals surface area contributed by atoms with Gasteiger partial charge in [0.1, 0.15) is 12.7 Å². The number of benzene rings is 3. The molecule has 0 unspecified atom stereocenters. The number of fused-ring (bicyclic) bond motifs is 1. The van der Waals surface area contributed by atoms with Gasteiger partial charge in [0.15, 0.2) is 11.5 Å². The highest BCUT2D eigenvalue weighted by Crippen LogP contribution is 2.31. The standard InChI is InChI=1S/C25H24N2O4/c1-17-15-19(11-13-21(17)27-25(29)18-7-3-2-4-8-18)26-24(28)14-12-20-16-30-22-9-5-6-10-23(22)31-20/h2-11,13,15,20H,12,14,16H2,1H3,(H,26,28)(H,27,29)/t20-/m0/s1. The topological polar surface area (TPSA) is 76.7 Å². The van der Waals surface area contributed by atoms with Crippen molar-refractivity contribution in [1.29, 1.82) is 0 Å². The number of hydrogen-bond donors (Lipinski definition) is 2. The molecule has 1 heterocycles. The van der Waals surface area contributed by atoms with Crippen LogP contribution in [0.2, 0.25) is 0 Å². The molecule has 0 spiro atoms. The Kier molecular flexibility index (Phi) is 6.17. The lowest BCUT2D eigenvalue weighted by molar-refractivity contribution is -0.116. The zero-order valence-electron chi connectivity index (χ0n) is 17.3. The van der Waals surface area contributed by atoms with Crippen molar-refractivity contribution >= 4 is 23.2 Å². The Hall–Kier alpha value is -3.80. The Morgan fingerprint density at radius 2 is 1.68 bits per heavy atom. The SMILES string of the molecule is Cc1cc(NC(=O)CC[C@H]2COc3ccccc3O2)ccc1NC(=O)c1ccccc1. The number of anilines is 2. The lowest BCUT2D eigenvalue weighted by atomic mass is 10.1. The largest absolute Gasteiger partial charge is 0.486 e. The molecule has 31 heavy (non-hydrogen) atoms. The molecular weight excluding hydrogens is 392 g/mol. The predicted octanol–water partition coefficient (Wildman–Crippen LogP) is 4.81. The summed E-state index contributed by atoms with van der Waals surface area (Å²) in [6.07, 6.45) is 0.726. The van der Waals surface area contributed by atoms with E-state index in [1.807, 2.05) is 55.5 Å². The van der Waals surface area contributed by atoms with Gasteiger partial charge in [-0.2, -0.15) is 0 Å². The van der Waals surface area contributed by atoms with E-state index in [1.54, 1.807) is 24.3 Å².